The Bertz CT molecular complexity index is 946. The van der Waals surface area contributed by atoms with E-state index in [0.717, 1.165) is 33.7 Å². The molecule has 0 amide bonds. The van der Waals surface area contributed by atoms with E-state index in [4.69, 9.17) is 11.6 Å². The third kappa shape index (κ3) is 3.42. The topological polar surface area (TPSA) is 24.9 Å². The number of nitrogens with zero attached hydrogens (tertiary/aromatic N) is 1. The van der Waals surface area contributed by atoms with Crippen molar-refractivity contribution in [1.82, 2.24) is 10.3 Å². The zero-order chi connectivity index (χ0) is 17.8. The Balaban J connectivity index is 1.74. The maximum atomic E-state index is 6.76. The van der Waals surface area contributed by atoms with Crippen LogP contribution in [0.4, 0.5) is 0 Å². The van der Waals surface area contributed by atoms with Gasteiger partial charge in [-0.25, -0.2) is 0 Å². The van der Waals surface area contributed by atoms with Gasteiger partial charge in [0.15, 0.2) is 0 Å². The third-order valence-electron chi connectivity index (χ3n) is 4.58. The molecule has 1 aromatic heterocycles. The molecule has 1 unspecified atom stereocenters. The van der Waals surface area contributed by atoms with Crippen LogP contribution in [0.3, 0.4) is 0 Å². The highest BCUT2D eigenvalue weighted by Crippen LogP contribution is 2.34. The van der Waals surface area contributed by atoms with Gasteiger partial charge in [-0.3, -0.25) is 4.98 Å². The summed E-state index contributed by atoms with van der Waals surface area (Å²) in [6, 6.07) is 20.6. The molecule has 0 saturated heterocycles. The van der Waals surface area contributed by atoms with Crippen LogP contribution in [0.2, 0.25) is 5.02 Å². The molecule has 4 rings (SSSR count). The molecule has 1 aliphatic heterocycles. The van der Waals surface area contributed by atoms with Crippen molar-refractivity contribution in [2.75, 3.05) is 0 Å². The van der Waals surface area contributed by atoms with Crippen LogP contribution in [0, 0.1) is 0 Å². The summed E-state index contributed by atoms with van der Waals surface area (Å²) >= 11 is 6.76. The van der Waals surface area contributed by atoms with Crippen molar-refractivity contribution in [1.29, 1.82) is 0 Å². The fraction of sp³-hybridized carbons (Fsp3) is 0.0870. The minimum atomic E-state index is 0.116. The van der Waals surface area contributed by atoms with Crippen molar-refractivity contribution >= 4 is 17.7 Å². The van der Waals surface area contributed by atoms with Gasteiger partial charge in [0.25, 0.3) is 0 Å². The predicted molar refractivity (Wildman–Crippen MR) is 109 cm³/mol. The molecule has 26 heavy (non-hydrogen) atoms. The van der Waals surface area contributed by atoms with Gasteiger partial charge in [0.1, 0.15) is 0 Å². The molecule has 0 saturated carbocycles. The predicted octanol–water partition coefficient (Wildman–Crippen LogP) is 6.03. The van der Waals surface area contributed by atoms with E-state index in [1.807, 2.05) is 36.7 Å². The minimum absolute atomic E-state index is 0.116. The van der Waals surface area contributed by atoms with Gasteiger partial charge in [0, 0.05) is 18.0 Å². The van der Waals surface area contributed by atoms with Crippen molar-refractivity contribution < 1.29 is 0 Å². The number of hydrogen-bond donors (Lipinski definition) is 1. The van der Waals surface area contributed by atoms with E-state index >= 15 is 0 Å². The molecule has 0 radical (unpaired) electrons. The standard InChI is InChI=1S/C23H19ClN2/c24-22-18(9-4-12-21(22)17-7-2-1-3-8-17)15-19-10-6-14-26-23(19)20-11-5-13-25-16-20/h1-9,11-16,23,26H,10H2/b19-15+. The van der Waals surface area contributed by atoms with Crippen LogP contribution in [0.1, 0.15) is 23.6 Å². The first-order valence-electron chi connectivity index (χ1n) is 8.68. The van der Waals surface area contributed by atoms with E-state index in [-0.39, 0.29) is 6.04 Å². The highest BCUT2D eigenvalue weighted by atomic mass is 35.5. The fourth-order valence-electron chi connectivity index (χ4n) is 3.29. The van der Waals surface area contributed by atoms with Crippen LogP contribution in [0.5, 0.6) is 0 Å². The number of allylic oxidation sites excluding steroid dienone is 1. The SMILES string of the molecule is Clc1c(/C=C2\CC=CNC2c2cccnc2)cccc1-c1ccccc1. The molecular weight excluding hydrogens is 340 g/mol. The molecule has 2 aromatic carbocycles. The lowest BCUT2D eigenvalue weighted by atomic mass is 9.92. The van der Waals surface area contributed by atoms with Crippen LogP contribution in [-0.2, 0) is 0 Å². The Morgan fingerprint density at radius 1 is 1.00 bits per heavy atom. The van der Waals surface area contributed by atoms with Gasteiger partial charge in [-0.15, -0.1) is 0 Å². The lowest BCUT2D eigenvalue weighted by Gasteiger charge is -2.24. The first-order chi connectivity index (χ1) is 12.8. The second-order valence-corrected chi connectivity index (χ2v) is 6.66. The minimum Gasteiger partial charge on any atom is -0.381 e. The second-order valence-electron chi connectivity index (χ2n) is 6.29. The summed E-state index contributed by atoms with van der Waals surface area (Å²) in [6.45, 7) is 0. The summed E-state index contributed by atoms with van der Waals surface area (Å²) in [5, 5.41) is 4.22. The first-order valence-corrected chi connectivity index (χ1v) is 9.06. The molecule has 1 aliphatic rings. The number of hydrogen-bond acceptors (Lipinski definition) is 2. The van der Waals surface area contributed by atoms with Gasteiger partial charge >= 0.3 is 0 Å². The Morgan fingerprint density at radius 3 is 2.69 bits per heavy atom. The summed E-state index contributed by atoms with van der Waals surface area (Å²) in [5.74, 6) is 0. The van der Waals surface area contributed by atoms with E-state index < -0.39 is 0 Å². The summed E-state index contributed by atoms with van der Waals surface area (Å²) in [6.07, 6.45) is 10.9. The Kier molecular flexibility index (Phi) is 4.85. The summed E-state index contributed by atoms with van der Waals surface area (Å²) in [5.41, 5.74) is 5.64. The lowest BCUT2D eigenvalue weighted by molar-refractivity contribution is 0.676. The van der Waals surface area contributed by atoms with E-state index in [0.29, 0.717) is 0 Å². The average molecular weight is 359 g/mol. The number of aromatic nitrogens is 1. The maximum absolute atomic E-state index is 6.76. The largest absolute Gasteiger partial charge is 0.381 e. The molecule has 1 N–H and O–H groups in total. The van der Waals surface area contributed by atoms with Gasteiger partial charge in [-0.2, -0.15) is 0 Å². The summed E-state index contributed by atoms with van der Waals surface area (Å²) in [4.78, 5) is 4.26. The number of benzene rings is 2. The Morgan fingerprint density at radius 2 is 1.88 bits per heavy atom. The highest BCUT2D eigenvalue weighted by molar-refractivity contribution is 6.34. The van der Waals surface area contributed by atoms with Gasteiger partial charge in [-0.05, 0) is 41.0 Å². The van der Waals surface area contributed by atoms with Gasteiger partial charge in [0.05, 0.1) is 11.1 Å². The smallest absolute Gasteiger partial charge is 0.0743 e. The molecule has 3 heteroatoms. The number of pyridine rings is 1. The van der Waals surface area contributed by atoms with Gasteiger partial charge in [0.2, 0.25) is 0 Å². The molecule has 0 aliphatic carbocycles. The van der Waals surface area contributed by atoms with Gasteiger partial charge < -0.3 is 5.32 Å². The molecule has 0 spiro atoms. The number of rotatable bonds is 3. The molecule has 2 nitrogen and oxygen atoms in total. The van der Waals surface area contributed by atoms with Crippen molar-refractivity contribution in [3.63, 3.8) is 0 Å². The average Bonchev–Trinajstić information content (AvgIpc) is 2.71. The third-order valence-corrected chi connectivity index (χ3v) is 5.00. The van der Waals surface area contributed by atoms with Crippen molar-refractivity contribution in [3.05, 3.63) is 107 Å². The van der Waals surface area contributed by atoms with Crippen LogP contribution in [-0.4, -0.2) is 4.98 Å². The molecule has 128 valence electrons. The van der Waals surface area contributed by atoms with Crippen molar-refractivity contribution in [2.45, 2.75) is 12.5 Å². The van der Waals surface area contributed by atoms with E-state index in [9.17, 15) is 0 Å². The maximum Gasteiger partial charge on any atom is 0.0743 e. The highest BCUT2D eigenvalue weighted by Gasteiger charge is 2.18. The second kappa shape index (κ2) is 7.59. The normalized spacial score (nSPS) is 17.9. The molecular formula is C23H19ClN2. The number of nitrogens with one attached hydrogen (secondary N) is 1. The fourth-order valence-corrected chi connectivity index (χ4v) is 3.57. The quantitative estimate of drug-likeness (QED) is 0.618. The zero-order valence-electron chi connectivity index (χ0n) is 14.3. The lowest BCUT2D eigenvalue weighted by Crippen LogP contribution is -2.20. The van der Waals surface area contributed by atoms with Crippen LogP contribution >= 0.6 is 11.6 Å². The summed E-state index contributed by atoms with van der Waals surface area (Å²) in [7, 11) is 0. The van der Waals surface area contributed by atoms with E-state index in [1.165, 1.54) is 5.57 Å². The van der Waals surface area contributed by atoms with E-state index in [2.05, 4.69) is 58.9 Å². The van der Waals surface area contributed by atoms with Gasteiger partial charge in [-0.1, -0.05) is 78.4 Å². The van der Waals surface area contributed by atoms with Crippen molar-refractivity contribution in [3.8, 4) is 11.1 Å². The van der Waals surface area contributed by atoms with Crippen LogP contribution in [0.25, 0.3) is 17.2 Å². The van der Waals surface area contributed by atoms with Crippen molar-refractivity contribution in [2.24, 2.45) is 0 Å². The first kappa shape index (κ1) is 16.6. The molecule has 0 fully saturated rings. The Labute approximate surface area is 158 Å². The number of halogens is 1. The van der Waals surface area contributed by atoms with Crippen LogP contribution in [0.15, 0.2) is 90.9 Å². The Hall–Kier alpha value is -2.84. The van der Waals surface area contributed by atoms with Crippen LogP contribution < -0.4 is 5.32 Å². The summed E-state index contributed by atoms with van der Waals surface area (Å²) < 4.78 is 0. The molecule has 1 atom stereocenters. The van der Waals surface area contributed by atoms with E-state index in [1.54, 1.807) is 6.20 Å². The molecule has 2 heterocycles. The molecule has 0 bridgehead atoms. The zero-order valence-corrected chi connectivity index (χ0v) is 15.0. The molecule has 3 aromatic rings. The monoisotopic (exact) mass is 358 g/mol.